The molecule has 11 heavy (non-hydrogen) atoms. The minimum absolute atomic E-state index is 0.148. The fourth-order valence-corrected chi connectivity index (χ4v) is 1.30. The van der Waals surface area contributed by atoms with Crippen molar-refractivity contribution in [2.45, 2.75) is 19.4 Å². The molecule has 0 radical (unpaired) electrons. The molecule has 1 aliphatic rings. The predicted molar refractivity (Wildman–Crippen MR) is 45.6 cm³/mol. The molecule has 0 bridgehead atoms. The Morgan fingerprint density at radius 3 is 2.64 bits per heavy atom. The highest BCUT2D eigenvalue weighted by Gasteiger charge is 2.09. The van der Waals surface area contributed by atoms with E-state index in [1.54, 1.807) is 0 Å². The second-order valence-electron chi connectivity index (χ2n) is 3.23. The quantitative estimate of drug-likeness (QED) is 0.590. The van der Waals surface area contributed by atoms with Crippen LogP contribution in [-0.2, 0) is 0 Å². The van der Waals surface area contributed by atoms with Gasteiger partial charge >= 0.3 is 0 Å². The van der Waals surface area contributed by atoms with Gasteiger partial charge in [0.1, 0.15) is 0 Å². The predicted octanol–water partition coefficient (Wildman–Crippen LogP) is -0.337. The maximum atomic E-state index is 9.04. The maximum Gasteiger partial charge on any atom is 0.0524 e. The van der Waals surface area contributed by atoms with Crippen molar-refractivity contribution in [3.8, 4) is 0 Å². The van der Waals surface area contributed by atoms with Crippen molar-refractivity contribution in [3.05, 3.63) is 0 Å². The molecule has 1 aliphatic heterocycles. The third-order valence-corrected chi connectivity index (χ3v) is 2.07. The number of hydrogen-bond acceptors (Lipinski definition) is 3. The number of hydrogen-bond donors (Lipinski definition) is 2. The van der Waals surface area contributed by atoms with Crippen LogP contribution in [0.4, 0.5) is 0 Å². The van der Waals surface area contributed by atoms with Crippen molar-refractivity contribution in [3.63, 3.8) is 0 Å². The van der Waals surface area contributed by atoms with E-state index in [1.165, 1.54) is 0 Å². The van der Waals surface area contributed by atoms with E-state index < -0.39 is 0 Å². The van der Waals surface area contributed by atoms with Crippen LogP contribution in [0.15, 0.2) is 0 Å². The van der Waals surface area contributed by atoms with Gasteiger partial charge in [-0.05, 0) is 13.3 Å². The molecular formula is C8H18N2O. The van der Waals surface area contributed by atoms with Crippen molar-refractivity contribution >= 4 is 0 Å². The topological polar surface area (TPSA) is 35.5 Å². The van der Waals surface area contributed by atoms with Gasteiger partial charge in [0.25, 0.3) is 0 Å². The Bertz CT molecular complexity index is 100. The highest BCUT2D eigenvalue weighted by Crippen LogP contribution is 1.96. The van der Waals surface area contributed by atoms with Gasteiger partial charge in [-0.25, -0.2) is 0 Å². The third kappa shape index (κ3) is 3.70. The van der Waals surface area contributed by atoms with Crippen LogP contribution in [-0.4, -0.2) is 48.8 Å². The summed E-state index contributed by atoms with van der Waals surface area (Å²) in [6.07, 6.45) is 0.755. The molecule has 0 aromatic rings. The molecule has 1 unspecified atom stereocenters. The molecule has 1 heterocycles. The second kappa shape index (κ2) is 4.70. The van der Waals surface area contributed by atoms with Gasteiger partial charge in [-0.15, -0.1) is 0 Å². The number of aliphatic hydroxyl groups excluding tert-OH is 1. The first-order valence-electron chi connectivity index (χ1n) is 4.40. The van der Waals surface area contributed by atoms with E-state index in [-0.39, 0.29) is 6.10 Å². The van der Waals surface area contributed by atoms with Crippen LogP contribution < -0.4 is 5.32 Å². The van der Waals surface area contributed by atoms with Gasteiger partial charge in [-0.1, -0.05) is 0 Å². The van der Waals surface area contributed by atoms with Gasteiger partial charge < -0.3 is 15.3 Å². The largest absolute Gasteiger partial charge is 0.393 e. The average Bonchev–Trinajstić information content (AvgIpc) is 2.03. The SMILES string of the molecule is CC(O)CCN1CCNCC1. The molecule has 66 valence electrons. The molecule has 1 fully saturated rings. The van der Waals surface area contributed by atoms with Crippen molar-refractivity contribution < 1.29 is 5.11 Å². The molecule has 1 rings (SSSR count). The Hall–Kier alpha value is -0.120. The molecule has 1 saturated heterocycles. The molecule has 0 aliphatic carbocycles. The third-order valence-electron chi connectivity index (χ3n) is 2.07. The van der Waals surface area contributed by atoms with E-state index in [4.69, 9.17) is 5.11 Å². The lowest BCUT2D eigenvalue weighted by Crippen LogP contribution is -2.44. The van der Waals surface area contributed by atoms with Crippen LogP contribution in [0.25, 0.3) is 0 Å². The van der Waals surface area contributed by atoms with Gasteiger partial charge in [-0.2, -0.15) is 0 Å². The zero-order valence-electron chi connectivity index (χ0n) is 7.21. The average molecular weight is 158 g/mol. The molecule has 0 aromatic carbocycles. The monoisotopic (exact) mass is 158 g/mol. The Labute approximate surface area is 68.4 Å². The molecule has 2 N–H and O–H groups in total. The van der Waals surface area contributed by atoms with E-state index in [0.717, 1.165) is 39.1 Å². The first-order valence-corrected chi connectivity index (χ1v) is 4.40. The van der Waals surface area contributed by atoms with Crippen LogP contribution in [0.3, 0.4) is 0 Å². The fourth-order valence-electron chi connectivity index (χ4n) is 1.30. The zero-order valence-corrected chi connectivity index (χ0v) is 7.21. The maximum absolute atomic E-state index is 9.04. The summed E-state index contributed by atoms with van der Waals surface area (Å²) >= 11 is 0. The van der Waals surface area contributed by atoms with Gasteiger partial charge in [0, 0.05) is 32.7 Å². The minimum atomic E-state index is -0.148. The molecular weight excluding hydrogens is 140 g/mol. The summed E-state index contributed by atoms with van der Waals surface area (Å²) in [5.74, 6) is 0. The lowest BCUT2D eigenvalue weighted by atomic mass is 10.2. The Morgan fingerprint density at radius 1 is 1.45 bits per heavy atom. The van der Waals surface area contributed by atoms with E-state index in [2.05, 4.69) is 10.2 Å². The lowest BCUT2D eigenvalue weighted by molar-refractivity contribution is 0.150. The summed E-state index contributed by atoms with van der Waals surface area (Å²) in [5.41, 5.74) is 0. The van der Waals surface area contributed by atoms with Crippen molar-refractivity contribution in [1.82, 2.24) is 10.2 Å². The van der Waals surface area contributed by atoms with Crippen molar-refractivity contribution in [1.29, 1.82) is 0 Å². The molecule has 0 saturated carbocycles. The smallest absolute Gasteiger partial charge is 0.0524 e. The number of nitrogens with one attached hydrogen (secondary N) is 1. The number of nitrogens with zero attached hydrogens (tertiary/aromatic N) is 1. The van der Waals surface area contributed by atoms with Crippen molar-refractivity contribution in [2.75, 3.05) is 32.7 Å². The molecule has 1 atom stereocenters. The van der Waals surface area contributed by atoms with E-state index in [9.17, 15) is 0 Å². The second-order valence-corrected chi connectivity index (χ2v) is 3.23. The summed E-state index contributed by atoms with van der Waals surface area (Å²) < 4.78 is 0. The van der Waals surface area contributed by atoms with E-state index in [0.29, 0.717) is 0 Å². The van der Waals surface area contributed by atoms with Crippen LogP contribution in [0, 0.1) is 0 Å². The lowest BCUT2D eigenvalue weighted by Gasteiger charge is -2.27. The zero-order chi connectivity index (χ0) is 8.10. The summed E-state index contributed by atoms with van der Waals surface area (Å²) in [7, 11) is 0. The van der Waals surface area contributed by atoms with Crippen molar-refractivity contribution in [2.24, 2.45) is 0 Å². The fraction of sp³-hybridized carbons (Fsp3) is 1.00. The highest BCUT2D eigenvalue weighted by atomic mass is 16.3. The summed E-state index contributed by atoms with van der Waals surface area (Å²) in [4.78, 5) is 2.39. The van der Waals surface area contributed by atoms with E-state index in [1.807, 2.05) is 6.92 Å². The number of aliphatic hydroxyl groups is 1. The first-order chi connectivity index (χ1) is 5.29. The van der Waals surface area contributed by atoms with Crippen LogP contribution in [0.5, 0.6) is 0 Å². The Kier molecular flexibility index (Phi) is 3.83. The van der Waals surface area contributed by atoms with E-state index >= 15 is 0 Å². The van der Waals surface area contributed by atoms with Crippen LogP contribution in [0.1, 0.15) is 13.3 Å². The van der Waals surface area contributed by atoms with Gasteiger partial charge in [0.15, 0.2) is 0 Å². The Morgan fingerprint density at radius 2 is 2.09 bits per heavy atom. The normalized spacial score (nSPS) is 23.5. The molecule has 3 nitrogen and oxygen atoms in total. The first kappa shape index (κ1) is 8.97. The minimum Gasteiger partial charge on any atom is -0.393 e. The standard InChI is InChI=1S/C8H18N2O/c1-8(11)2-5-10-6-3-9-4-7-10/h8-9,11H,2-7H2,1H3. The Balaban J connectivity index is 2.05. The van der Waals surface area contributed by atoms with Gasteiger partial charge in [0.2, 0.25) is 0 Å². The molecule has 0 spiro atoms. The van der Waals surface area contributed by atoms with Gasteiger partial charge in [0.05, 0.1) is 6.10 Å². The van der Waals surface area contributed by atoms with Crippen LogP contribution in [0.2, 0.25) is 0 Å². The molecule has 0 aromatic heterocycles. The highest BCUT2D eigenvalue weighted by molar-refractivity contribution is 4.67. The number of piperazine rings is 1. The van der Waals surface area contributed by atoms with Gasteiger partial charge in [-0.3, -0.25) is 0 Å². The number of rotatable bonds is 3. The molecule has 0 amide bonds. The summed E-state index contributed by atoms with van der Waals surface area (Å²) in [5, 5.41) is 12.3. The summed E-state index contributed by atoms with van der Waals surface area (Å²) in [6, 6.07) is 0. The van der Waals surface area contributed by atoms with Crippen LogP contribution >= 0.6 is 0 Å². The molecule has 3 heteroatoms. The summed E-state index contributed by atoms with van der Waals surface area (Å²) in [6.45, 7) is 7.35.